The first kappa shape index (κ1) is 19.9. The van der Waals surface area contributed by atoms with Crippen molar-refractivity contribution in [1.29, 1.82) is 0 Å². The molecule has 0 aromatic heterocycles. The number of hydrogen-bond acceptors (Lipinski definition) is 5. The average molecular weight is 409 g/mol. The fourth-order valence-electron chi connectivity index (χ4n) is 3.26. The van der Waals surface area contributed by atoms with Crippen molar-refractivity contribution in [2.45, 2.75) is 19.4 Å². The second-order valence-electron chi connectivity index (χ2n) is 6.55. The first-order chi connectivity index (χ1) is 13.1. The van der Waals surface area contributed by atoms with E-state index in [9.17, 15) is 26.8 Å². The van der Waals surface area contributed by atoms with Gasteiger partial charge in [-0.15, -0.1) is 0 Å². The SMILES string of the molecule is C[C@H]1Cc2cc(C(=O)COC(=O)c3c(F)cccc3F)ccc2N1S(C)(=O)=O. The molecule has 0 saturated carbocycles. The van der Waals surface area contributed by atoms with Crippen LogP contribution in [0.1, 0.15) is 33.2 Å². The molecule has 1 atom stereocenters. The Bertz CT molecular complexity index is 1050. The lowest BCUT2D eigenvalue weighted by Crippen LogP contribution is -2.34. The number of benzene rings is 2. The van der Waals surface area contributed by atoms with E-state index in [1.165, 1.54) is 22.5 Å². The van der Waals surface area contributed by atoms with Gasteiger partial charge >= 0.3 is 5.97 Å². The largest absolute Gasteiger partial charge is 0.454 e. The van der Waals surface area contributed by atoms with Gasteiger partial charge in [-0.3, -0.25) is 9.10 Å². The summed E-state index contributed by atoms with van der Waals surface area (Å²) in [6.07, 6.45) is 1.54. The number of fused-ring (bicyclic) bond motifs is 1. The molecular weight excluding hydrogens is 392 g/mol. The summed E-state index contributed by atoms with van der Waals surface area (Å²) in [5.41, 5.74) is 0.525. The number of nitrogens with zero attached hydrogens (tertiary/aromatic N) is 1. The molecule has 2 aromatic rings. The van der Waals surface area contributed by atoms with Crippen LogP contribution < -0.4 is 4.31 Å². The molecule has 0 aliphatic carbocycles. The summed E-state index contributed by atoms with van der Waals surface area (Å²) >= 11 is 0. The van der Waals surface area contributed by atoms with Gasteiger partial charge < -0.3 is 4.74 Å². The minimum absolute atomic E-state index is 0.211. The van der Waals surface area contributed by atoms with E-state index in [0.29, 0.717) is 17.7 Å². The van der Waals surface area contributed by atoms with Gasteiger partial charge in [0.2, 0.25) is 10.0 Å². The first-order valence-electron chi connectivity index (χ1n) is 8.36. The molecule has 1 aliphatic rings. The monoisotopic (exact) mass is 409 g/mol. The third kappa shape index (κ3) is 3.75. The number of Topliss-reactive ketones (excluding diaryl/α,β-unsaturated/α-hetero) is 1. The number of hydrogen-bond donors (Lipinski definition) is 0. The highest BCUT2D eigenvalue weighted by Gasteiger charge is 2.32. The topological polar surface area (TPSA) is 80.8 Å². The lowest BCUT2D eigenvalue weighted by molar-refractivity contribution is 0.0465. The molecule has 1 heterocycles. The van der Waals surface area contributed by atoms with Crippen molar-refractivity contribution in [3.8, 4) is 0 Å². The van der Waals surface area contributed by atoms with Gasteiger partial charge in [-0.05, 0) is 49.2 Å². The Hall–Kier alpha value is -2.81. The predicted octanol–water partition coefficient (Wildman–Crippen LogP) is 2.72. The van der Waals surface area contributed by atoms with Crippen LogP contribution in [0.15, 0.2) is 36.4 Å². The minimum atomic E-state index is -3.45. The maximum Gasteiger partial charge on any atom is 0.344 e. The van der Waals surface area contributed by atoms with E-state index in [1.54, 1.807) is 6.92 Å². The van der Waals surface area contributed by atoms with Gasteiger partial charge in [0.15, 0.2) is 12.4 Å². The Balaban J connectivity index is 1.75. The molecule has 0 bridgehead atoms. The van der Waals surface area contributed by atoms with Crippen molar-refractivity contribution in [2.75, 3.05) is 17.2 Å². The van der Waals surface area contributed by atoms with Gasteiger partial charge in [0, 0.05) is 11.6 Å². The molecule has 1 aliphatic heterocycles. The molecule has 0 spiro atoms. The van der Waals surface area contributed by atoms with Crippen LogP contribution in [0.3, 0.4) is 0 Å². The molecule has 6 nitrogen and oxygen atoms in total. The molecule has 0 N–H and O–H groups in total. The normalized spacial score (nSPS) is 16.0. The van der Waals surface area contributed by atoms with Crippen LogP contribution in [0, 0.1) is 11.6 Å². The van der Waals surface area contributed by atoms with E-state index >= 15 is 0 Å². The van der Waals surface area contributed by atoms with E-state index in [2.05, 4.69) is 0 Å². The number of carbonyl (C=O) groups excluding carboxylic acids is 2. The lowest BCUT2D eigenvalue weighted by atomic mass is 10.0. The summed E-state index contributed by atoms with van der Waals surface area (Å²) in [5, 5.41) is 0. The number of ketones is 1. The molecule has 28 heavy (non-hydrogen) atoms. The average Bonchev–Trinajstić information content (AvgIpc) is 2.94. The summed E-state index contributed by atoms with van der Waals surface area (Å²) < 4.78 is 57.1. The highest BCUT2D eigenvalue weighted by molar-refractivity contribution is 7.92. The highest BCUT2D eigenvalue weighted by Crippen LogP contribution is 2.34. The lowest BCUT2D eigenvalue weighted by Gasteiger charge is -2.21. The van der Waals surface area contributed by atoms with Crippen molar-refractivity contribution in [1.82, 2.24) is 0 Å². The van der Waals surface area contributed by atoms with Gasteiger partial charge in [-0.2, -0.15) is 0 Å². The van der Waals surface area contributed by atoms with E-state index < -0.39 is 45.6 Å². The number of halogens is 2. The second-order valence-corrected chi connectivity index (χ2v) is 8.41. The van der Waals surface area contributed by atoms with Crippen LogP contribution in [0.2, 0.25) is 0 Å². The van der Waals surface area contributed by atoms with Crippen LogP contribution in [0.5, 0.6) is 0 Å². The Morgan fingerprint density at radius 1 is 1.18 bits per heavy atom. The number of anilines is 1. The first-order valence-corrected chi connectivity index (χ1v) is 10.2. The summed E-state index contributed by atoms with van der Waals surface area (Å²) in [5.74, 6) is -4.00. The molecule has 9 heteroatoms. The van der Waals surface area contributed by atoms with Gasteiger partial charge in [-0.1, -0.05) is 6.07 Å². The number of rotatable bonds is 5. The molecule has 0 amide bonds. The molecule has 2 aromatic carbocycles. The third-order valence-corrected chi connectivity index (χ3v) is 5.68. The Labute approximate surface area is 160 Å². The van der Waals surface area contributed by atoms with Crippen LogP contribution in [-0.4, -0.2) is 39.1 Å². The molecule has 0 saturated heterocycles. The number of ether oxygens (including phenoxy) is 1. The third-order valence-electron chi connectivity index (χ3n) is 4.41. The smallest absolute Gasteiger partial charge is 0.344 e. The molecular formula is C19H17F2NO5S. The van der Waals surface area contributed by atoms with Gasteiger partial charge in [0.25, 0.3) is 0 Å². The molecule has 0 unspecified atom stereocenters. The van der Waals surface area contributed by atoms with Crippen LogP contribution in [-0.2, 0) is 21.2 Å². The fourth-order valence-corrected chi connectivity index (χ4v) is 4.52. The van der Waals surface area contributed by atoms with Crippen molar-refractivity contribution in [2.24, 2.45) is 0 Å². The van der Waals surface area contributed by atoms with E-state index in [4.69, 9.17) is 4.74 Å². The van der Waals surface area contributed by atoms with Crippen molar-refractivity contribution < 1.29 is 31.5 Å². The summed E-state index contributed by atoms with van der Waals surface area (Å²) in [6.45, 7) is 1.06. The Kier molecular flexibility index (Phi) is 5.20. The standard InChI is InChI=1S/C19H17F2NO5S/c1-11-8-13-9-12(6-7-16(13)22(11)28(2,25)26)17(23)10-27-19(24)18-14(20)4-3-5-15(18)21/h3-7,9,11H,8,10H2,1-2H3/t11-/m0/s1. The number of esters is 1. The molecule has 148 valence electrons. The van der Waals surface area contributed by atoms with E-state index in [-0.39, 0.29) is 11.6 Å². The Morgan fingerprint density at radius 2 is 1.82 bits per heavy atom. The van der Waals surface area contributed by atoms with Crippen molar-refractivity contribution in [3.05, 3.63) is 64.7 Å². The Morgan fingerprint density at radius 3 is 2.43 bits per heavy atom. The zero-order valence-electron chi connectivity index (χ0n) is 15.1. The second kappa shape index (κ2) is 7.31. The maximum absolute atomic E-state index is 13.6. The van der Waals surface area contributed by atoms with Crippen LogP contribution >= 0.6 is 0 Å². The molecule has 3 rings (SSSR count). The zero-order chi connectivity index (χ0) is 20.6. The van der Waals surface area contributed by atoms with Crippen molar-refractivity contribution in [3.63, 3.8) is 0 Å². The van der Waals surface area contributed by atoms with Crippen LogP contribution in [0.4, 0.5) is 14.5 Å². The highest BCUT2D eigenvalue weighted by atomic mass is 32.2. The quantitative estimate of drug-likeness (QED) is 0.560. The molecule has 0 radical (unpaired) electrons. The van der Waals surface area contributed by atoms with E-state index in [1.807, 2.05) is 0 Å². The molecule has 0 fully saturated rings. The van der Waals surface area contributed by atoms with E-state index in [0.717, 1.165) is 24.5 Å². The number of carbonyl (C=O) groups is 2. The summed E-state index contributed by atoms with van der Waals surface area (Å²) in [6, 6.07) is 7.14. The minimum Gasteiger partial charge on any atom is -0.454 e. The van der Waals surface area contributed by atoms with Gasteiger partial charge in [0.05, 0.1) is 11.9 Å². The van der Waals surface area contributed by atoms with Crippen molar-refractivity contribution >= 4 is 27.5 Å². The van der Waals surface area contributed by atoms with Crippen LogP contribution in [0.25, 0.3) is 0 Å². The summed E-state index contributed by atoms with van der Waals surface area (Å²) in [4.78, 5) is 24.2. The maximum atomic E-state index is 13.6. The van der Waals surface area contributed by atoms with Gasteiger partial charge in [-0.25, -0.2) is 22.0 Å². The fraction of sp³-hybridized carbons (Fsp3) is 0.263. The number of sulfonamides is 1. The summed E-state index contributed by atoms with van der Waals surface area (Å²) in [7, 11) is -3.45. The van der Waals surface area contributed by atoms with Gasteiger partial charge in [0.1, 0.15) is 17.2 Å². The predicted molar refractivity (Wildman–Crippen MR) is 97.9 cm³/mol. The zero-order valence-corrected chi connectivity index (χ0v) is 15.9.